The first-order valence-corrected chi connectivity index (χ1v) is 7.46. The van der Waals surface area contributed by atoms with Gasteiger partial charge in [-0.15, -0.1) is 0 Å². The summed E-state index contributed by atoms with van der Waals surface area (Å²) in [5.74, 6) is 0. The number of H-pyrrole nitrogens is 1. The second-order valence-corrected chi connectivity index (χ2v) is 5.77. The van der Waals surface area contributed by atoms with Crippen molar-refractivity contribution in [3.05, 3.63) is 27.4 Å². The third-order valence-electron chi connectivity index (χ3n) is 2.68. The Bertz CT molecular complexity index is 607. The van der Waals surface area contributed by atoms with Crippen LogP contribution >= 0.6 is 20.0 Å². The molecular formula is C9H13N2O6PS. The minimum absolute atomic E-state index is 0.210. The van der Waals surface area contributed by atoms with Crippen molar-refractivity contribution in [3.63, 3.8) is 0 Å². The normalized spacial score (nSPS) is 23.7. The molecule has 19 heavy (non-hydrogen) atoms. The largest absolute Gasteiger partial charge is 0.469 e. The van der Waals surface area contributed by atoms with Gasteiger partial charge in [0.1, 0.15) is 10.9 Å². The van der Waals surface area contributed by atoms with E-state index in [1.807, 2.05) is 0 Å². The summed E-state index contributed by atoms with van der Waals surface area (Å²) >= 11 is 4.82. The summed E-state index contributed by atoms with van der Waals surface area (Å²) < 4.78 is 22.1. The Hall–Kier alpha value is -0.830. The number of aromatic nitrogens is 2. The maximum absolute atomic E-state index is 11.7. The van der Waals surface area contributed by atoms with Crippen LogP contribution in [0.25, 0.3) is 0 Å². The molecule has 2 atom stereocenters. The van der Waals surface area contributed by atoms with Gasteiger partial charge in [0.15, 0.2) is 0 Å². The van der Waals surface area contributed by atoms with Crippen LogP contribution in [-0.4, -0.2) is 32.0 Å². The van der Waals surface area contributed by atoms with Crippen molar-refractivity contribution < 1.29 is 23.6 Å². The van der Waals surface area contributed by atoms with Crippen LogP contribution < -0.4 is 5.69 Å². The number of ether oxygens (including phenoxy) is 1. The highest BCUT2D eigenvalue weighted by Gasteiger charge is 2.29. The van der Waals surface area contributed by atoms with E-state index < -0.39 is 20.2 Å². The Morgan fingerprint density at radius 1 is 1.58 bits per heavy atom. The maximum atomic E-state index is 11.7. The predicted molar refractivity (Wildman–Crippen MR) is 67.0 cm³/mol. The molecule has 0 unspecified atom stereocenters. The van der Waals surface area contributed by atoms with Gasteiger partial charge in [0, 0.05) is 6.20 Å². The fourth-order valence-electron chi connectivity index (χ4n) is 1.85. The molecule has 2 heterocycles. The summed E-state index contributed by atoms with van der Waals surface area (Å²) in [6.45, 7) is -0.210. The lowest BCUT2D eigenvalue weighted by Crippen LogP contribution is -2.27. The first kappa shape index (κ1) is 14.6. The standard InChI is InChI=1S/C9H13N2O6PS/c12-9-10-7(19)3-4-11(9)8-2-1-6(17-8)5-16-18(13,14)15/h3-4,6,8H,1-2,5H2,(H,10,12,19)(H2,13,14,15)/t6-,8+/m0/s1. The van der Waals surface area contributed by atoms with Crippen LogP contribution in [0.4, 0.5) is 0 Å². The quantitative estimate of drug-likeness (QED) is 0.554. The molecule has 3 N–H and O–H groups in total. The Morgan fingerprint density at radius 2 is 2.32 bits per heavy atom. The van der Waals surface area contributed by atoms with E-state index in [1.165, 1.54) is 10.8 Å². The summed E-state index contributed by atoms with van der Waals surface area (Å²) in [6.07, 6.45) is 1.70. The lowest BCUT2D eigenvalue weighted by molar-refractivity contribution is -0.0243. The molecule has 1 aromatic rings. The summed E-state index contributed by atoms with van der Waals surface area (Å²) in [7, 11) is -4.49. The zero-order valence-corrected chi connectivity index (χ0v) is 11.5. The monoisotopic (exact) mass is 308 g/mol. The SMILES string of the molecule is O=c1[nH]c(=S)ccn1[C@H]1CC[C@@H](COP(=O)(O)O)O1. The van der Waals surface area contributed by atoms with Crippen molar-refractivity contribution in [1.82, 2.24) is 9.55 Å². The average Bonchev–Trinajstić information content (AvgIpc) is 2.74. The lowest BCUT2D eigenvalue weighted by Gasteiger charge is -2.15. The highest BCUT2D eigenvalue weighted by molar-refractivity contribution is 7.71. The summed E-state index contributed by atoms with van der Waals surface area (Å²) in [4.78, 5) is 31.3. The first-order chi connectivity index (χ1) is 8.85. The van der Waals surface area contributed by atoms with E-state index in [0.717, 1.165) is 0 Å². The van der Waals surface area contributed by atoms with E-state index in [9.17, 15) is 9.36 Å². The van der Waals surface area contributed by atoms with Gasteiger partial charge in [0.05, 0.1) is 12.7 Å². The van der Waals surface area contributed by atoms with Gasteiger partial charge in [-0.25, -0.2) is 9.36 Å². The van der Waals surface area contributed by atoms with Crippen LogP contribution in [-0.2, 0) is 13.8 Å². The maximum Gasteiger partial charge on any atom is 0.469 e. The molecule has 0 radical (unpaired) electrons. The van der Waals surface area contributed by atoms with Gasteiger partial charge in [-0.2, -0.15) is 0 Å². The molecule has 0 bridgehead atoms. The predicted octanol–water partition coefficient (Wildman–Crippen LogP) is 0.693. The number of nitrogens with one attached hydrogen (secondary N) is 1. The number of hydrogen-bond acceptors (Lipinski definition) is 5. The first-order valence-electron chi connectivity index (χ1n) is 5.52. The Labute approximate surface area is 113 Å². The van der Waals surface area contributed by atoms with E-state index in [2.05, 4.69) is 9.51 Å². The number of aromatic amines is 1. The van der Waals surface area contributed by atoms with Crippen LogP contribution in [0.15, 0.2) is 17.1 Å². The summed E-state index contributed by atoms with van der Waals surface area (Å²) in [5, 5.41) is 0. The molecule has 1 saturated heterocycles. The third-order valence-corrected chi connectivity index (χ3v) is 3.40. The molecule has 1 aliphatic rings. The smallest absolute Gasteiger partial charge is 0.352 e. The van der Waals surface area contributed by atoms with Crippen LogP contribution in [0.1, 0.15) is 19.1 Å². The number of rotatable bonds is 4. The van der Waals surface area contributed by atoms with E-state index in [0.29, 0.717) is 17.5 Å². The molecule has 1 fully saturated rings. The van der Waals surface area contributed by atoms with Gasteiger partial charge in [0.25, 0.3) is 0 Å². The third kappa shape index (κ3) is 4.07. The van der Waals surface area contributed by atoms with Gasteiger partial charge in [-0.3, -0.25) is 14.1 Å². The van der Waals surface area contributed by atoms with Gasteiger partial charge < -0.3 is 14.5 Å². The molecule has 8 nitrogen and oxygen atoms in total. The van der Waals surface area contributed by atoms with Crippen molar-refractivity contribution in [2.75, 3.05) is 6.61 Å². The second kappa shape index (κ2) is 5.66. The van der Waals surface area contributed by atoms with Crippen LogP contribution in [0.2, 0.25) is 0 Å². The van der Waals surface area contributed by atoms with E-state index in [4.69, 9.17) is 26.7 Å². The molecule has 0 aromatic carbocycles. The Morgan fingerprint density at radius 3 is 2.95 bits per heavy atom. The van der Waals surface area contributed by atoms with Crippen LogP contribution in [0.3, 0.4) is 0 Å². The fraction of sp³-hybridized carbons (Fsp3) is 0.556. The Balaban J connectivity index is 2.00. The van der Waals surface area contributed by atoms with Crippen molar-refractivity contribution in [1.29, 1.82) is 0 Å². The molecule has 0 aliphatic carbocycles. The van der Waals surface area contributed by atoms with Crippen LogP contribution in [0, 0.1) is 4.64 Å². The van der Waals surface area contributed by atoms with E-state index in [-0.39, 0.29) is 12.3 Å². The highest BCUT2D eigenvalue weighted by Crippen LogP contribution is 2.37. The minimum atomic E-state index is -4.49. The van der Waals surface area contributed by atoms with Gasteiger partial charge in [-0.1, -0.05) is 12.2 Å². The van der Waals surface area contributed by atoms with Crippen molar-refractivity contribution in [2.24, 2.45) is 0 Å². The van der Waals surface area contributed by atoms with Gasteiger partial charge >= 0.3 is 13.5 Å². The Kier molecular flexibility index (Phi) is 4.34. The minimum Gasteiger partial charge on any atom is -0.352 e. The molecule has 0 spiro atoms. The molecule has 106 valence electrons. The fourth-order valence-corrected chi connectivity index (χ4v) is 2.36. The molecule has 1 aliphatic heterocycles. The molecule has 1 aromatic heterocycles. The zero-order chi connectivity index (χ0) is 14.0. The number of hydrogen-bond donors (Lipinski definition) is 3. The number of phosphoric ester groups is 1. The molecular weight excluding hydrogens is 295 g/mol. The van der Waals surface area contributed by atoms with Crippen molar-refractivity contribution in [3.8, 4) is 0 Å². The van der Waals surface area contributed by atoms with E-state index in [1.54, 1.807) is 6.07 Å². The van der Waals surface area contributed by atoms with Crippen molar-refractivity contribution in [2.45, 2.75) is 25.2 Å². The highest BCUT2D eigenvalue weighted by atomic mass is 32.1. The topological polar surface area (TPSA) is 114 Å². The van der Waals surface area contributed by atoms with Crippen LogP contribution in [0.5, 0.6) is 0 Å². The second-order valence-electron chi connectivity index (χ2n) is 4.09. The van der Waals surface area contributed by atoms with Gasteiger partial charge in [0.2, 0.25) is 0 Å². The molecule has 0 amide bonds. The summed E-state index contributed by atoms with van der Waals surface area (Å²) in [5.41, 5.74) is -0.381. The number of nitrogens with zero attached hydrogens (tertiary/aromatic N) is 1. The van der Waals surface area contributed by atoms with Gasteiger partial charge in [-0.05, 0) is 18.9 Å². The summed E-state index contributed by atoms with van der Waals surface area (Å²) in [6, 6.07) is 1.57. The van der Waals surface area contributed by atoms with Crippen molar-refractivity contribution >= 4 is 20.0 Å². The number of phosphoric acid groups is 1. The van der Waals surface area contributed by atoms with E-state index >= 15 is 0 Å². The lowest BCUT2D eigenvalue weighted by atomic mass is 10.2. The average molecular weight is 308 g/mol. The molecule has 0 saturated carbocycles. The molecule has 2 rings (SSSR count). The molecule has 10 heteroatoms. The zero-order valence-electron chi connectivity index (χ0n) is 9.76.